The molecular formula is C29H38N4O7. The average molecular weight is 555 g/mol. The van der Waals surface area contributed by atoms with Crippen molar-refractivity contribution in [3.8, 4) is 5.75 Å². The number of para-hydroxylation sites is 1. The Labute approximate surface area is 234 Å². The molecule has 1 aliphatic rings. The summed E-state index contributed by atoms with van der Waals surface area (Å²) in [6, 6.07) is 10.9. The molecule has 0 spiro atoms. The van der Waals surface area contributed by atoms with Crippen molar-refractivity contribution in [1.29, 1.82) is 0 Å². The molecule has 0 bridgehead atoms. The van der Waals surface area contributed by atoms with E-state index >= 15 is 0 Å². The van der Waals surface area contributed by atoms with Gasteiger partial charge in [0.15, 0.2) is 0 Å². The van der Waals surface area contributed by atoms with Gasteiger partial charge in [-0.1, -0.05) is 30.3 Å². The van der Waals surface area contributed by atoms with Crippen molar-refractivity contribution in [2.45, 2.75) is 70.2 Å². The van der Waals surface area contributed by atoms with Gasteiger partial charge in [0.05, 0.1) is 7.11 Å². The van der Waals surface area contributed by atoms with Crippen LogP contribution in [0.15, 0.2) is 48.5 Å². The van der Waals surface area contributed by atoms with Crippen molar-refractivity contribution >= 4 is 29.6 Å². The highest BCUT2D eigenvalue weighted by Crippen LogP contribution is 2.34. The lowest BCUT2D eigenvalue weighted by molar-refractivity contribution is -0.145. The summed E-state index contributed by atoms with van der Waals surface area (Å²) < 4.78 is 10.2. The minimum atomic E-state index is -1.08. The molecule has 2 aromatic rings. The SMILES string of the molecule is COC(=O)[C@H](CC1CNc2ccccc21)NC(=O)[C@H](C)NC(=O)[C@H](Cc1ccc(O)cc1)NC(=O)OC(C)(C)C. The maximum Gasteiger partial charge on any atom is 0.408 e. The van der Waals surface area contributed by atoms with Crippen LogP contribution in [-0.4, -0.2) is 66.4 Å². The first kappa shape index (κ1) is 30.3. The second-order valence-electron chi connectivity index (χ2n) is 10.8. The van der Waals surface area contributed by atoms with E-state index in [0.717, 1.165) is 11.3 Å². The number of hydrogen-bond acceptors (Lipinski definition) is 8. The molecule has 40 heavy (non-hydrogen) atoms. The van der Waals surface area contributed by atoms with Gasteiger partial charge in [-0.2, -0.15) is 0 Å². The maximum atomic E-state index is 13.2. The fourth-order valence-corrected chi connectivity index (χ4v) is 4.41. The van der Waals surface area contributed by atoms with Crippen LogP contribution >= 0.6 is 0 Å². The number of hydrogen-bond donors (Lipinski definition) is 5. The number of phenolic OH excluding ortho intramolecular Hbond substituents is 1. The highest BCUT2D eigenvalue weighted by Gasteiger charge is 2.32. The quantitative estimate of drug-likeness (QED) is 0.281. The lowest BCUT2D eigenvalue weighted by atomic mass is 9.93. The zero-order valence-electron chi connectivity index (χ0n) is 23.4. The molecular weight excluding hydrogens is 516 g/mol. The van der Waals surface area contributed by atoms with Gasteiger partial charge in [-0.05, 0) is 63.4 Å². The van der Waals surface area contributed by atoms with Crippen LogP contribution in [-0.2, 0) is 30.3 Å². The summed E-state index contributed by atoms with van der Waals surface area (Å²) in [5.41, 5.74) is 1.93. The number of esters is 1. The topological polar surface area (TPSA) is 155 Å². The van der Waals surface area contributed by atoms with Crippen LogP contribution in [0.4, 0.5) is 10.5 Å². The van der Waals surface area contributed by atoms with Gasteiger partial charge in [-0.3, -0.25) is 9.59 Å². The highest BCUT2D eigenvalue weighted by atomic mass is 16.6. The van der Waals surface area contributed by atoms with Gasteiger partial charge in [0.25, 0.3) is 0 Å². The molecule has 0 fully saturated rings. The number of benzene rings is 2. The van der Waals surface area contributed by atoms with E-state index in [1.54, 1.807) is 32.9 Å². The number of anilines is 1. The van der Waals surface area contributed by atoms with Crippen molar-refractivity contribution in [2.24, 2.45) is 0 Å². The molecule has 1 unspecified atom stereocenters. The first-order chi connectivity index (χ1) is 18.9. The summed E-state index contributed by atoms with van der Waals surface area (Å²) in [6.45, 7) is 7.20. The van der Waals surface area contributed by atoms with Crippen LogP contribution in [0.1, 0.15) is 51.2 Å². The smallest absolute Gasteiger partial charge is 0.408 e. The number of amides is 3. The van der Waals surface area contributed by atoms with Crippen LogP contribution in [0.2, 0.25) is 0 Å². The Morgan fingerprint density at radius 1 is 0.975 bits per heavy atom. The molecule has 3 amide bonds. The summed E-state index contributed by atoms with van der Waals surface area (Å²) in [6.07, 6.45) is -0.398. The van der Waals surface area contributed by atoms with E-state index in [0.29, 0.717) is 18.5 Å². The molecule has 2 aromatic carbocycles. The lowest BCUT2D eigenvalue weighted by Gasteiger charge is -2.25. The van der Waals surface area contributed by atoms with E-state index < -0.39 is 47.6 Å². The molecule has 0 saturated heterocycles. The van der Waals surface area contributed by atoms with E-state index in [2.05, 4.69) is 21.3 Å². The summed E-state index contributed by atoms with van der Waals surface area (Å²) in [4.78, 5) is 51.3. The zero-order valence-corrected chi connectivity index (χ0v) is 23.4. The second kappa shape index (κ2) is 13.2. The van der Waals surface area contributed by atoms with Crippen molar-refractivity contribution in [1.82, 2.24) is 16.0 Å². The number of fused-ring (bicyclic) bond motifs is 1. The minimum Gasteiger partial charge on any atom is -0.508 e. The maximum absolute atomic E-state index is 13.2. The Kier molecular flexibility index (Phi) is 9.98. The third kappa shape index (κ3) is 8.62. The van der Waals surface area contributed by atoms with Gasteiger partial charge in [-0.25, -0.2) is 9.59 Å². The fraction of sp³-hybridized carbons (Fsp3) is 0.448. The van der Waals surface area contributed by atoms with Gasteiger partial charge in [0, 0.05) is 24.6 Å². The van der Waals surface area contributed by atoms with Crippen molar-refractivity contribution in [3.63, 3.8) is 0 Å². The number of carbonyl (C=O) groups excluding carboxylic acids is 4. The largest absolute Gasteiger partial charge is 0.508 e. The second-order valence-corrected chi connectivity index (χ2v) is 10.8. The third-order valence-electron chi connectivity index (χ3n) is 6.40. The number of ether oxygens (including phenoxy) is 2. The van der Waals surface area contributed by atoms with E-state index in [1.807, 2.05) is 24.3 Å². The summed E-state index contributed by atoms with van der Waals surface area (Å²) in [7, 11) is 1.25. The molecule has 0 aromatic heterocycles. The van der Waals surface area contributed by atoms with E-state index in [9.17, 15) is 24.3 Å². The normalized spacial score (nSPS) is 16.4. The molecule has 0 radical (unpaired) electrons. The summed E-state index contributed by atoms with van der Waals surface area (Å²) >= 11 is 0. The Morgan fingerprint density at radius 3 is 2.30 bits per heavy atom. The molecule has 5 N–H and O–H groups in total. The molecule has 0 saturated carbocycles. The van der Waals surface area contributed by atoms with Crippen LogP contribution in [0.25, 0.3) is 0 Å². The predicted octanol–water partition coefficient (Wildman–Crippen LogP) is 2.59. The van der Waals surface area contributed by atoms with Crippen molar-refractivity contribution in [3.05, 3.63) is 59.7 Å². The van der Waals surface area contributed by atoms with Gasteiger partial charge in [0.2, 0.25) is 11.8 Å². The van der Waals surface area contributed by atoms with Gasteiger partial charge in [-0.15, -0.1) is 0 Å². The number of carbonyl (C=O) groups is 4. The Balaban J connectivity index is 1.67. The molecule has 11 nitrogen and oxygen atoms in total. The third-order valence-corrected chi connectivity index (χ3v) is 6.40. The molecule has 0 aliphatic carbocycles. The Morgan fingerprint density at radius 2 is 1.65 bits per heavy atom. The van der Waals surface area contributed by atoms with Crippen molar-refractivity contribution in [2.75, 3.05) is 19.0 Å². The van der Waals surface area contributed by atoms with Crippen LogP contribution in [0.3, 0.4) is 0 Å². The van der Waals surface area contributed by atoms with Crippen molar-refractivity contribution < 1.29 is 33.8 Å². The van der Waals surface area contributed by atoms with Crippen LogP contribution in [0.5, 0.6) is 5.75 Å². The molecule has 216 valence electrons. The first-order valence-corrected chi connectivity index (χ1v) is 13.1. The molecule has 1 aliphatic heterocycles. The molecule has 3 rings (SSSR count). The number of methoxy groups -OCH3 is 1. The highest BCUT2D eigenvalue weighted by molar-refractivity contribution is 5.93. The summed E-state index contributed by atoms with van der Waals surface area (Å²) in [5.74, 6) is -1.74. The minimum absolute atomic E-state index is 0.0155. The van der Waals surface area contributed by atoms with Crippen LogP contribution in [0, 0.1) is 0 Å². The molecule has 4 atom stereocenters. The lowest BCUT2D eigenvalue weighted by Crippen LogP contribution is -2.55. The average Bonchev–Trinajstić information content (AvgIpc) is 3.30. The number of aromatic hydroxyl groups is 1. The number of phenols is 1. The number of nitrogens with one attached hydrogen (secondary N) is 4. The monoisotopic (exact) mass is 554 g/mol. The van der Waals surface area contributed by atoms with E-state index in [-0.39, 0.29) is 18.1 Å². The zero-order chi connectivity index (χ0) is 29.4. The molecule has 1 heterocycles. The molecule has 11 heteroatoms. The van der Waals surface area contributed by atoms with Crippen LogP contribution < -0.4 is 21.3 Å². The van der Waals surface area contributed by atoms with Gasteiger partial charge >= 0.3 is 12.1 Å². The van der Waals surface area contributed by atoms with E-state index in [1.165, 1.54) is 26.2 Å². The number of rotatable bonds is 10. The standard InChI is InChI=1S/C29H38N4O7/c1-17(25(35)32-24(27(37)39-5)15-19-16-30-22-9-7-6-8-21(19)22)31-26(36)23(33-28(38)40-29(2,3)4)14-18-10-12-20(34)13-11-18/h6-13,17,19,23-24,30,34H,14-16H2,1-5H3,(H,31,36)(H,32,35)(H,33,38)/t17-,19?,23-,24-/m0/s1. The number of alkyl carbamates (subject to hydrolysis) is 1. The Hall–Kier alpha value is -4.28. The van der Waals surface area contributed by atoms with E-state index in [4.69, 9.17) is 9.47 Å². The van der Waals surface area contributed by atoms with Gasteiger partial charge < -0.3 is 35.8 Å². The van der Waals surface area contributed by atoms with Gasteiger partial charge in [0.1, 0.15) is 29.5 Å². The fourth-order valence-electron chi connectivity index (χ4n) is 4.41. The summed E-state index contributed by atoms with van der Waals surface area (Å²) in [5, 5.41) is 20.7. The first-order valence-electron chi connectivity index (χ1n) is 13.1. The Bertz CT molecular complexity index is 1210. The predicted molar refractivity (Wildman–Crippen MR) is 149 cm³/mol.